The van der Waals surface area contributed by atoms with Crippen molar-refractivity contribution in [2.75, 3.05) is 19.6 Å². The molecule has 0 radical (unpaired) electrons. The highest BCUT2D eigenvalue weighted by atomic mass is 16.2. The molecule has 0 unspecified atom stereocenters. The molecule has 11 heavy (non-hydrogen) atoms. The van der Waals surface area contributed by atoms with Crippen LogP contribution in [0.4, 0.5) is 0 Å². The second-order valence-corrected chi connectivity index (χ2v) is 3.04. The van der Waals surface area contributed by atoms with Crippen LogP contribution in [0.15, 0.2) is 0 Å². The normalized spacial score (nSPS) is 26.9. The lowest BCUT2D eigenvalue weighted by Crippen LogP contribution is -2.37. The van der Waals surface area contributed by atoms with Crippen LogP contribution in [-0.2, 0) is 4.79 Å². The molecule has 3 heteroatoms. The number of nitrogens with zero attached hydrogens (tertiary/aromatic N) is 1. The zero-order chi connectivity index (χ0) is 8.27. The predicted octanol–water partition coefficient (Wildman–Crippen LogP) is 0.217. The molecule has 1 fully saturated rings. The fraction of sp³-hybridized carbons (Fsp3) is 0.875. The van der Waals surface area contributed by atoms with Gasteiger partial charge >= 0.3 is 0 Å². The minimum Gasteiger partial charge on any atom is -0.341 e. The van der Waals surface area contributed by atoms with Gasteiger partial charge in [0.1, 0.15) is 0 Å². The topological polar surface area (TPSA) is 32.3 Å². The Bertz CT molecular complexity index is 147. The van der Waals surface area contributed by atoms with E-state index in [1.165, 1.54) is 0 Å². The first-order valence-corrected chi connectivity index (χ1v) is 4.25. The summed E-state index contributed by atoms with van der Waals surface area (Å²) >= 11 is 0. The first-order chi connectivity index (χ1) is 5.24. The second-order valence-electron chi connectivity index (χ2n) is 3.04. The van der Waals surface area contributed by atoms with E-state index in [9.17, 15) is 4.79 Å². The standard InChI is InChI=1S/C8H16N2O/c1-3-10-6-7(2)9-5-4-8(10)11/h7,9H,3-6H2,1-2H3/t7-/m0/s1. The second kappa shape index (κ2) is 3.72. The molecule has 0 aliphatic carbocycles. The summed E-state index contributed by atoms with van der Waals surface area (Å²) in [6, 6.07) is 0.446. The van der Waals surface area contributed by atoms with E-state index in [0.29, 0.717) is 12.5 Å². The molecule has 0 bridgehead atoms. The van der Waals surface area contributed by atoms with Crippen LogP contribution < -0.4 is 5.32 Å². The lowest BCUT2D eigenvalue weighted by Gasteiger charge is -2.20. The summed E-state index contributed by atoms with van der Waals surface area (Å²) in [5.74, 6) is 0.282. The van der Waals surface area contributed by atoms with Gasteiger partial charge in [-0.3, -0.25) is 4.79 Å². The molecule has 1 heterocycles. The van der Waals surface area contributed by atoms with Gasteiger partial charge < -0.3 is 10.2 Å². The molecule has 0 saturated carbocycles. The Hall–Kier alpha value is -0.570. The third-order valence-corrected chi connectivity index (χ3v) is 2.06. The molecule has 1 saturated heterocycles. The number of amides is 1. The van der Waals surface area contributed by atoms with Crippen LogP contribution in [0.25, 0.3) is 0 Å². The van der Waals surface area contributed by atoms with Gasteiger partial charge in [-0.25, -0.2) is 0 Å². The van der Waals surface area contributed by atoms with Crippen LogP contribution >= 0.6 is 0 Å². The monoisotopic (exact) mass is 156 g/mol. The van der Waals surface area contributed by atoms with Gasteiger partial charge in [0.05, 0.1) is 0 Å². The summed E-state index contributed by atoms with van der Waals surface area (Å²) < 4.78 is 0. The van der Waals surface area contributed by atoms with Gasteiger partial charge in [0.15, 0.2) is 0 Å². The van der Waals surface area contributed by atoms with Gasteiger partial charge in [-0.1, -0.05) is 0 Å². The van der Waals surface area contributed by atoms with Crippen LogP contribution in [0, 0.1) is 0 Å². The summed E-state index contributed by atoms with van der Waals surface area (Å²) in [6.45, 7) is 6.66. The molecule has 1 N–H and O–H groups in total. The van der Waals surface area contributed by atoms with Crippen molar-refractivity contribution in [2.24, 2.45) is 0 Å². The Morgan fingerprint density at radius 1 is 1.73 bits per heavy atom. The van der Waals surface area contributed by atoms with E-state index >= 15 is 0 Å². The quantitative estimate of drug-likeness (QED) is 0.589. The van der Waals surface area contributed by atoms with Gasteiger partial charge in [0.2, 0.25) is 5.91 Å². The third-order valence-electron chi connectivity index (χ3n) is 2.06. The molecule has 3 nitrogen and oxygen atoms in total. The Kier molecular flexibility index (Phi) is 2.88. The molecule has 1 atom stereocenters. The van der Waals surface area contributed by atoms with E-state index in [4.69, 9.17) is 0 Å². The zero-order valence-electron chi connectivity index (χ0n) is 7.26. The van der Waals surface area contributed by atoms with Gasteiger partial charge in [0, 0.05) is 32.1 Å². The van der Waals surface area contributed by atoms with Crippen molar-refractivity contribution < 1.29 is 4.79 Å². The summed E-state index contributed by atoms with van der Waals surface area (Å²) in [5, 5.41) is 3.28. The number of hydrogen-bond acceptors (Lipinski definition) is 2. The minimum absolute atomic E-state index is 0.282. The third kappa shape index (κ3) is 2.19. The van der Waals surface area contributed by atoms with Crippen molar-refractivity contribution in [3.63, 3.8) is 0 Å². The van der Waals surface area contributed by atoms with E-state index in [2.05, 4.69) is 12.2 Å². The van der Waals surface area contributed by atoms with Gasteiger partial charge in [-0.15, -0.1) is 0 Å². The van der Waals surface area contributed by atoms with Crippen LogP contribution in [0.5, 0.6) is 0 Å². The SMILES string of the molecule is CCN1C[C@H](C)NCCC1=O. The Balaban J connectivity index is 2.52. The summed E-state index contributed by atoms with van der Waals surface area (Å²) in [7, 11) is 0. The number of carbonyl (C=O) groups excluding carboxylic acids is 1. The average Bonchev–Trinajstić information content (AvgIpc) is 2.13. The first-order valence-electron chi connectivity index (χ1n) is 4.25. The van der Waals surface area contributed by atoms with Gasteiger partial charge in [0.25, 0.3) is 0 Å². The van der Waals surface area contributed by atoms with Gasteiger partial charge in [-0.2, -0.15) is 0 Å². The molecule has 1 aliphatic heterocycles. The van der Waals surface area contributed by atoms with E-state index in [1.807, 2.05) is 11.8 Å². The largest absolute Gasteiger partial charge is 0.341 e. The van der Waals surface area contributed by atoms with Crippen LogP contribution in [0.2, 0.25) is 0 Å². The van der Waals surface area contributed by atoms with Crippen LogP contribution in [-0.4, -0.2) is 36.5 Å². The maximum atomic E-state index is 11.3. The molecule has 0 spiro atoms. The Labute approximate surface area is 67.8 Å². The predicted molar refractivity (Wildman–Crippen MR) is 44.3 cm³/mol. The maximum Gasteiger partial charge on any atom is 0.223 e. The summed E-state index contributed by atoms with van der Waals surface area (Å²) in [5.41, 5.74) is 0. The summed E-state index contributed by atoms with van der Waals surface area (Å²) in [4.78, 5) is 13.2. The summed E-state index contributed by atoms with van der Waals surface area (Å²) in [6.07, 6.45) is 0.651. The Morgan fingerprint density at radius 2 is 2.45 bits per heavy atom. The first kappa shape index (κ1) is 8.53. The molecule has 1 amide bonds. The smallest absolute Gasteiger partial charge is 0.223 e. The number of likely N-dealkylation sites (N-methyl/N-ethyl adjacent to an activating group) is 1. The Morgan fingerprint density at radius 3 is 3.09 bits per heavy atom. The highest BCUT2D eigenvalue weighted by Crippen LogP contribution is 2.00. The van der Waals surface area contributed by atoms with E-state index in [1.54, 1.807) is 0 Å². The van der Waals surface area contributed by atoms with Crippen molar-refractivity contribution in [2.45, 2.75) is 26.3 Å². The van der Waals surface area contributed by atoms with Crippen LogP contribution in [0.1, 0.15) is 20.3 Å². The number of carbonyl (C=O) groups is 1. The van der Waals surface area contributed by atoms with Crippen molar-refractivity contribution in [3.05, 3.63) is 0 Å². The number of hydrogen-bond donors (Lipinski definition) is 1. The number of nitrogens with one attached hydrogen (secondary N) is 1. The molecular weight excluding hydrogens is 140 g/mol. The average molecular weight is 156 g/mol. The highest BCUT2D eigenvalue weighted by Gasteiger charge is 2.17. The zero-order valence-corrected chi connectivity index (χ0v) is 7.26. The molecule has 1 rings (SSSR count). The van der Waals surface area contributed by atoms with E-state index in [-0.39, 0.29) is 5.91 Å². The fourth-order valence-electron chi connectivity index (χ4n) is 1.39. The van der Waals surface area contributed by atoms with Crippen molar-refractivity contribution in [1.82, 2.24) is 10.2 Å². The van der Waals surface area contributed by atoms with Gasteiger partial charge in [-0.05, 0) is 13.8 Å². The molecule has 0 aromatic carbocycles. The number of rotatable bonds is 1. The van der Waals surface area contributed by atoms with E-state index < -0.39 is 0 Å². The fourth-order valence-corrected chi connectivity index (χ4v) is 1.39. The minimum atomic E-state index is 0.282. The van der Waals surface area contributed by atoms with Crippen molar-refractivity contribution >= 4 is 5.91 Å². The molecular formula is C8H16N2O. The molecule has 0 aromatic heterocycles. The lowest BCUT2D eigenvalue weighted by atomic mass is 10.3. The van der Waals surface area contributed by atoms with Crippen molar-refractivity contribution in [1.29, 1.82) is 0 Å². The lowest BCUT2D eigenvalue weighted by molar-refractivity contribution is -0.130. The molecule has 64 valence electrons. The van der Waals surface area contributed by atoms with Crippen molar-refractivity contribution in [3.8, 4) is 0 Å². The van der Waals surface area contributed by atoms with E-state index in [0.717, 1.165) is 19.6 Å². The molecule has 1 aliphatic rings. The van der Waals surface area contributed by atoms with Crippen LogP contribution in [0.3, 0.4) is 0 Å². The molecule has 0 aromatic rings. The highest BCUT2D eigenvalue weighted by molar-refractivity contribution is 5.76. The maximum absolute atomic E-state index is 11.3.